The van der Waals surface area contributed by atoms with Crippen molar-refractivity contribution in [3.8, 4) is 0 Å². The third kappa shape index (κ3) is 6.09. The number of sulfone groups is 1. The number of aliphatic hydroxyl groups is 1. The van der Waals surface area contributed by atoms with Crippen molar-refractivity contribution in [1.29, 1.82) is 0 Å². The Morgan fingerprint density at radius 1 is 1.09 bits per heavy atom. The topological polar surface area (TPSA) is 73.2 Å². The number of guanidine groups is 1. The van der Waals surface area contributed by atoms with Gasteiger partial charge in [-0.05, 0) is 17.7 Å². The van der Waals surface area contributed by atoms with Gasteiger partial charge >= 0.3 is 0 Å². The van der Waals surface area contributed by atoms with E-state index >= 15 is 0 Å². The van der Waals surface area contributed by atoms with Crippen molar-refractivity contribution in [2.45, 2.75) is 11.4 Å². The predicted molar refractivity (Wildman–Crippen MR) is 99.5 cm³/mol. The first-order chi connectivity index (χ1) is 9.77. The molecule has 0 saturated heterocycles. The molecular formula is C14H24IN3O3S. The summed E-state index contributed by atoms with van der Waals surface area (Å²) < 4.78 is 23.6. The van der Waals surface area contributed by atoms with E-state index in [0.29, 0.717) is 6.54 Å². The molecule has 1 aromatic rings. The maximum Gasteiger partial charge on any atom is 0.195 e. The third-order valence-electron chi connectivity index (χ3n) is 2.85. The smallest absolute Gasteiger partial charge is 0.195 e. The number of halogens is 1. The fourth-order valence-corrected chi connectivity index (χ4v) is 2.91. The average molecular weight is 441 g/mol. The first-order valence-corrected chi connectivity index (χ1v) is 8.25. The zero-order valence-electron chi connectivity index (χ0n) is 13.4. The van der Waals surface area contributed by atoms with Crippen molar-refractivity contribution in [2.75, 3.05) is 40.6 Å². The lowest BCUT2D eigenvalue weighted by molar-refractivity contribution is 0.319. The van der Waals surface area contributed by atoms with Crippen molar-refractivity contribution in [3.05, 3.63) is 29.8 Å². The molecule has 0 aromatic heterocycles. The quantitative estimate of drug-likeness (QED) is 0.420. The molecule has 0 aliphatic carbocycles. The Bertz CT molecular complexity index is 574. The van der Waals surface area contributed by atoms with Gasteiger partial charge < -0.3 is 14.9 Å². The lowest BCUT2D eigenvalue weighted by Crippen LogP contribution is -2.35. The summed E-state index contributed by atoms with van der Waals surface area (Å²) in [4.78, 5) is 8.56. The molecule has 1 N–H and O–H groups in total. The Balaban J connectivity index is 0.00000441. The second kappa shape index (κ2) is 9.31. The van der Waals surface area contributed by atoms with Crippen LogP contribution in [0.25, 0.3) is 0 Å². The van der Waals surface area contributed by atoms with Crippen LogP contribution in [0.4, 0.5) is 0 Å². The molecule has 0 bridgehead atoms. The molecule has 0 heterocycles. The van der Waals surface area contributed by atoms with Gasteiger partial charge in [-0.3, -0.25) is 0 Å². The van der Waals surface area contributed by atoms with Gasteiger partial charge in [0.15, 0.2) is 15.8 Å². The van der Waals surface area contributed by atoms with Crippen LogP contribution in [-0.4, -0.2) is 69.8 Å². The van der Waals surface area contributed by atoms with E-state index in [1.54, 1.807) is 24.3 Å². The van der Waals surface area contributed by atoms with Crippen LogP contribution in [-0.2, 0) is 16.4 Å². The van der Waals surface area contributed by atoms with Crippen LogP contribution in [0, 0.1) is 0 Å². The van der Waals surface area contributed by atoms with Gasteiger partial charge in [0.05, 0.1) is 23.8 Å². The molecule has 0 aliphatic heterocycles. The minimum Gasteiger partial charge on any atom is -0.395 e. The molecule has 8 heteroatoms. The summed E-state index contributed by atoms with van der Waals surface area (Å²) >= 11 is 0. The summed E-state index contributed by atoms with van der Waals surface area (Å²) in [5.41, 5.74) is 0.930. The van der Waals surface area contributed by atoms with Crippen LogP contribution in [0.3, 0.4) is 0 Å². The van der Waals surface area contributed by atoms with Crippen molar-refractivity contribution < 1.29 is 13.5 Å². The summed E-state index contributed by atoms with van der Waals surface area (Å²) in [6.07, 6.45) is 0. The summed E-state index contributed by atoms with van der Waals surface area (Å²) in [5, 5.41) is 8.76. The Kier molecular flexibility index (Phi) is 8.94. The fraction of sp³-hybridized carbons (Fsp3) is 0.500. The van der Waals surface area contributed by atoms with Gasteiger partial charge in [-0.2, -0.15) is 0 Å². The minimum atomic E-state index is -3.39. The Morgan fingerprint density at radius 3 is 2.00 bits per heavy atom. The van der Waals surface area contributed by atoms with Gasteiger partial charge in [0.25, 0.3) is 0 Å². The van der Waals surface area contributed by atoms with E-state index < -0.39 is 9.84 Å². The molecule has 0 aliphatic rings. The van der Waals surface area contributed by atoms with E-state index in [-0.39, 0.29) is 41.2 Å². The molecule has 22 heavy (non-hydrogen) atoms. The highest BCUT2D eigenvalue weighted by Crippen LogP contribution is 2.13. The van der Waals surface area contributed by atoms with E-state index in [0.717, 1.165) is 11.5 Å². The van der Waals surface area contributed by atoms with Crippen LogP contribution < -0.4 is 0 Å². The zero-order chi connectivity index (χ0) is 16.0. The van der Waals surface area contributed by atoms with Crippen molar-refractivity contribution >= 4 is 39.8 Å². The molecule has 6 nitrogen and oxygen atoms in total. The number of hydrogen-bond donors (Lipinski definition) is 1. The molecule has 0 spiro atoms. The Labute approximate surface area is 149 Å². The van der Waals surface area contributed by atoms with Gasteiger partial charge in [-0.1, -0.05) is 12.1 Å². The second-order valence-corrected chi connectivity index (χ2v) is 7.20. The molecule has 126 valence electrons. The molecule has 0 unspecified atom stereocenters. The minimum absolute atomic E-state index is 0. The van der Waals surface area contributed by atoms with E-state index in [4.69, 9.17) is 5.11 Å². The lowest BCUT2D eigenvalue weighted by atomic mass is 10.2. The molecular weight excluding hydrogens is 417 g/mol. The number of aliphatic hydroxyl groups excluding tert-OH is 1. The highest BCUT2D eigenvalue weighted by Gasteiger charge is 2.13. The van der Waals surface area contributed by atoms with Crippen molar-refractivity contribution in [1.82, 2.24) is 9.80 Å². The molecule has 0 amide bonds. The predicted octanol–water partition coefficient (Wildman–Crippen LogP) is 1.05. The first-order valence-electron chi connectivity index (χ1n) is 6.59. The highest BCUT2D eigenvalue weighted by molar-refractivity contribution is 14.0. The maximum absolute atomic E-state index is 11.8. The van der Waals surface area contributed by atoms with Gasteiger partial charge in [0, 0.05) is 28.2 Å². The normalized spacial score (nSPS) is 10.6. The van der Waals surface area contributed by atoms with Crippen molar-refractivity contribution in [3.63, 3.8) is 0 Å². The molecule has 0 radical (unpaired) electrons. The maximum atomic E-state index is 11.8. The number of rotatable bonds is 5. The van der Waals surface area contributed by atoms with Crippen LogP contribution in [0.15, 0.2) is 34.2 Å². The van der Waals surface area contributed by atoms with E-state index in [1.807, 2.05) is 38.0 Å². The SMILES string of the molecule is CN(C)C(=NCc1ccc(S(=O)(=O)CCO)cc1)N(C)C.I. The third-order valence-corrected chi connectivity index (χ3v) is 4.56. The highest BCUT2D eigenvalue weighted by atomic mass is 127. The summed E-state index contributed by atoms with van der Waals surface area (Å²) in [6, 6.07) is 6.61. The van der Waals surface area contributed by atoms with E-state index in [1.165, 1.54) is 0 Å². The Morgan fingerprint density at radius 2 is 1.59 bits per heavy atom. The zero-order valence-corrected chi connectivity index (χ0v) is 16.5. The molecule has 1 aromatic carbocycles. The van der Waals surface area contributed by atoms with Crippen LogP contribution >= 0.6 is 24.0 Å². The number of hydrogen-bond acceptors (Lipinski definition) is 4. The van der Waals surface area contributed by atoms with Gasteiger partial charge in [-0.15, -0.1) is 24.0 Å². The molecule has 0 atom stereocenters. The molecule has 0 saturated carbocycles. The van der Waals surface area contributed by atoms with Crippen LogP contribution in [0.2, 0.25) is 0 Å². The van der Waals surface area contributed by atoms with Crippen LogP contribution in [0.5, 0.6) is 0 Å². The first kappa shape index (κ1) is 21.1. The monoisotopic (exact) mass is 441 g/mol. The van der Waals surface area contributed by atoms with Crippen molar-refractivity contribution in [2.24, 2.45) is 4.99 Å². The molecule has 0 fully saturated rings. The van der Waals surface area contributed by atoms with E-state index in [9.17, 15) is 8.42 Å². The Hall–Kier alpha value is -0.870. The standard InChI is InChI=1S/C14H23N3O3S.HI/c1-16(2)14(17(3)4)15-11-12-5-7-13(8-6-12)21(19,20)10-9-18;/h5-8,18H,9-11H2,1-4H3;1H. The number of aliphatic imine (C=N–C) groups is 1. The molecule has 1 rings (SSSR count). The summed E-state index contributed by atoms with van der Waals surface area (Å²) in [5.74, 6) is 0.586. The summed E-state index contributed by atoms with van der Waals surface area (Å²) in [7, 11) is 4.29. The number of nitrogens with zero attached hydrogens (tertiary/aromatic N) is 3. The lowest BCUT2D eigenvalue weighted by Gasteiger charge is -2.22. The van der Waals surface area contributed by atoms with Gasteiger partial charge in [0.1, 0.15) is 0 Å². The van der Waals surface area contributed by atoms with Crippen LogP contribution in [0.1, 0.15) is 5.56 Å². The van der Waals surface area contributed by atoms with Gasteiger partial charge in [0.2, 0.25) is 0 Å². The van der Waals surface area contributed by atoms with Gasteiger partial charge in [-0.25, -0.2) is 13.4 Å². The average Bonchev–Trinajstić information content (AvgIpc) is 2.38. The fourth-order valence-electron chi connectivity index (χ4n) is 1.89. The number of benzene rings is 1. The second-order valence-electron chi connectivity index (χ2n) is 5.09. The largest absolute Gasteiger partial charge is 0.395 e. The van der Waals surface area contributed by atoms with E-state index in [2.05, 4.69) is 4.99 Å². The summed E-state index contributed by atoms with van der Waals surface area (Å²) in [6.45, 7) is 0.107.